The van der Waals surface area contributed by atoms with E-state index in [1.165, 1.54) is 24.3 Å². The zero-order valence-electron chi connectivity index (χ0n) is 16.8. The topological polar surface area (TPSA) is 72.1 Å². The molecular formula is C22H23FN4O2. The fraction of sp³-hybridized carbons (Fsp3) is 0.364. The van der Waals surface area contributed by atoms with Crippen LogP contribution in [0.15, 0.2) is 34.9 Å². The highest BCUT2D eigenvalue weighted by atomic mass is 19.1. The molecule has 0 saturated carbocycles. The Hall–Kier alpha value is -3.09. The summed E-state index contributed by atoms with van der Waals surface area (Å²) in [7, 11) is 0. The van der Waals surface area contributed by atoms with Crippen LogP contribution in [-0.2, 0) is 0 Å². The Bertz CT molecular complexity index is 1030. The van der Waals surface area contributed by atoms with E-state index in [1.807, 2.05) is 31.7 Å². The quantitative estimate of drug-likeness (QED) is 0.651. The summed E-state index contributed by atoms with van der Waals surface area (Å²) in [5, 5.41) is 4.02. The largest absolute Gasteiger partial charge is 0.361 e. The lowest BCUT2D eigenvalue weighted by atomic mass is 9.99. The molecule has 0 N–H and O–H groups in total. The molecule has 0 aliphatic carbocycles. The molecule has 4 rings (SSSR count). The predicted octanol–water partition coefficient (Wildman–Crippen LogP) is 4.56. The second kappa shape index (κ2) is 7.73. The van der Waals surface area contributed by atoms with E-state index in [-0.39, 0.29) is 17.8 Å². The molecule has 0 bridgehead atoms. The fourth-order valence-electron chi connectivity index (χ4n) is 3.92. The predicted molar refractivity (Wildman–Crippen MR) is 106 cm³/mol. The number of carbonyl (C=O) groups excluding carboxylic acids is 1. The van der Waals surface area contributed by atoms with Crippen LogP contribution in [0.25, 0.3) is 11.3 Å². The number of hydrogen-bond acceptors (Lipinski definition) is 5. The van der Waals surface area contributed by atoms with Crippen LogP contribution in [0.1, 0.15) is 58.6 Å². The summed E-state index contributed by atoms with van der Waals surface area (Å²) in [5.41, 5.74) is 3.68. The number of nitrogens with zero attached hydrogens (tertiary/aromatic N) is 4. The maximum Gasteiger partial charge on any atom is 0.254 e. The number of likely N-dealkylation sites (tertiary alicyclic amines) is 1. The first-order valence-corrected chi connectivity index (χ1v) is 9.79. The highest BCUT2D eigenvalue weighted by Crippen LogP contribution is 2.33. The summed E-state index contributed by atoms with van der Waals surface area (Å²) >= 11 is 0. The molecule has 1 unspecified atom stereocenters. The molecular weight excluding hydrogens is 371 g/mol. The number of aromatic nitrogens is 3. The lowest BCUT2D eigenvalue weighted by Gasteiger charge is -2.35. The van der Waals surface area contributed by atoms with Gasteiger partial charge in [-0.2, -0.15) is 0 Å². The van der Waals surface area contributed by atoms with Gasteiger partial charge in [-0.1, -0.05) is 5.16 Å². The van der Waals surface area contributed by atoms with Crippen molar-refractivity contribution in [1.29, 1.82) is 0 Å². The van der Waals surface area contributed by atoms with Crippen molar-refractivity contribution in [3.8, 4) is 11.3 Å². The van der Waals surface area contributed by atoms with Crippen molar-refractivity contribution < 1.29 is 13.7 Å². The van der Waals surface area contributed by atoms with Gasteiger partial charge in [-0.15, -0.1) is 0 Å². The molecule has 6 nitrogen and oxygen atoms in total. The van der Waals surface area contributed by atoms with Gasteiger partial charge in [-0.25, -0.2) is 14.4 Å². The number of piperidine rings is 1. The molecule has 2 aromatic heterocycles. The number of aryl methyl sites for hydroxylation is 3. The van der Waals surface area contributed by atoms with Gasteiger partial charge < -0.3 is 9.42 Å². The number of carbonyl (C=O) groups is 1. The van der Waals surface area contributed by atoms with E-state index in [1.54, 1.807) is 0 Å². The number of amides is 1. The summed E-state index contributed by atoms with van der Waals surface area (Å²) in [6.07, 6.45) is 2.71. The van der Waals surface area contributed by atoms with Crippen LogP contribution in [0.2, 0.25) is 0 Å². The Morgan fingerprint density at radius 3 is 2.59 bits per heavy atom. The maximum atomic E-state index is 13.3. The molecule has 3 aromatic rings. The van der Waals surface area contributed by atoms with Crippen LogP contribution >= 0.6 is 0 Å². The molecule has 7 heteroatoms. The Morgan fingerprint density at radius 1 is 1.14 bits per heavy atom. The van der Waals surface area contributed by atoms with Gasteiger partial charge in [0.1, 0.15) is 11.6 Å². The Morgan fingerprint density at radius 2 is 1.90 bits per heavy atom. The lowest BCUT2D eigenvalue weighted by molar-refractivity contribution is 0.0599. The Labute approximate surface area is 168 Å². The van der Waals surface area contributed by atoms with Crippen molar-refractivity contribution >= 4 is 5.91 Å². The molecule has 1 aliphatic heterocycles. The van der Waals surface area contributed by atoms with Crippen molar-refractivity contribution in [2.75, 3.05) is 6.54 Å². The van der Waals surface area contributed by atoms with Crippen LogP contribution in [0.5, 0.6) is 0 Å². The molecule has 150 valence electrons. The third kappa shape index (κ3) is 3.77. The minimum absolute atomic E-state index is 0.126. The Kier molecular flexibility index (Phi) is 5.13. The second-order valence-electron chi connectivity index (χ2n) is 7.47. The van der Waals surface area contributed by atoms with Crippen molar-refractivity contribution in [2.24, 2.45) is 0 Å². The van der Waals surface area contributed by atoms with E-state index in [4.69, 9.17) is 9.51 Å². The molecule has 0 spiro atoms. The van der Waals surface area contributed by atoms with Crippen molar-refractivity contribution in [2.45, 2.75) is 46.1 Å². The minimum atomic E-state index is -0.358. The van der Waals surface area contributed by atoms with Gasteiger partial charge in [0.2, 0.25) is 0 Å². The van der Waals surface area contributed by atoms with E-state index in [2.05, 4.69) is 10.1 Å². The summed E-state index contributed by atoms with van der Waals surface area (Å²) < 4.78 is 18.6. The van der Waals surface area contributed by atoms with Crippen molar-refractivity contribution in [3.05, 3.63) is 64.7 Å². The molecule has 1 fully saturated rings. The number of rotatable bonds is 3. The fourth-order valence-corrected chi connectivity index (χ4v) is 3.92. The molecule has 1 aromatic carbocycles. The molecule has 3 heterocycles. The third-order valence-electron chi connectivity index (χ3n) is 5.31. The van der Waals surface area contributed by atoms with E-state index >= 15 is 0 Å². The first-order valence-electron chi connectivity index (χ1n) is 9.79. The maximum absolute atomic E-state index is 13.3. The van der Waals surface area contributed by atoms with Crippen LogP contribution in [0.4, 0.5) is 4.39 Å². The Balaban J connectivity index is 1.72. The number of hydrogen-bond donors (Lipinski definition) is 0. The lowest BCUT2D eigenvalue weighted by Crippen LogP contribution is -2.39. The minimum Gasteiger partial charge on any atom is -0.361 e. The summed E-state index contributed by atoms with van der Waals surface area (Å²) in [5.74, 6) is 0.839. The van der Waals surface area contributed by atoms with Crippen molar-refractivity contribution in [3.63, 3.8) is 0 Å². The normalized spacial score (nSPS) is 16.8. The molecule has 1 atom stereocenters. The van der Waals surface area contributed by atoms with Crippen LogP contribution in [0, 0.1) is 26.6 Å². The van der Waals surface area contributed by atoms with Gasteiger partial charge in [-0.3, -0.25) is 4.79 Å². The average Bonchev–Trinajstić information content (AvgIpc) is 3.05. The molecule has 1 aliphatic rings. The van der Waals surface area contributed by atoms with Gasteiger partial charge in [0.25, 0.3) is 5.91 Å². The third-order valence-corrected chi connectivity index (χ3v) is 5.31. The second-order valence-corrected chi connectivity index (χ2v) is 7.47. The summed E-state index contributed by atoms with van der Waals surface area (Å²) in [4.78, 5) is 24.4. The first kappa shape index (κ1) is 19.2. The zero-order chi connectivity index (χ0) is 20.5. The first-order chi connectivity index (χ1) is 13.9. The van der Waals surface area contributed by atoms with Crippen LogP contribution < -0.4 is 0 Å². The van der Waals surface area contributed by atoms with Crippen LogP contribution in [-0.4, -0.2) is 32.5 Å². The van der Waals surface area contributed by atoms with Gasteiger partial charge in [-0.05, 0) is 70.4 Å². The summed E-state index contributed by atoms with van der Waals surface area (Å²) in [6.45, 7) is 6.28. The van der Waals surface area contributed by atoms with Gasteiger partial charge in [0.05, 0.1) is 23.0 Å². The van der Waals surface area contributed by atoms with E-state index < -0.39 is 0 Å². The average molecular weight is 394 g/mol. The monoisotopic (exact) mass is 394 g/mol. The smallest absolute Gasteiger partial charge is 0.254 e. The highest BCUT2D eigenvalue weighted by Gasteiger charge is 2.31. The number of halogens is 1. The van der Waals surface area contributed by atoms with Gasteiger partial charge >= 0.3 is 0 Å². The summed E-state index contributed by atoms with van der Waals surface area (Å²) in [6, 6.07) is 7.35. The SMILES string of the molecule is Cc1cc(-c2c(C)noc2C)nc(C2CCCCN2C(=O)c2ccc(F)cc2)n1. The molecule has 0 radical (unpaired) electrons. The number of benzene rings is 1. The van der Waals surface area contributed by atoms with Crippen LogP contribution in [0.3, 0.4) is 0 Å². The van der Waals surface area contributed by atoms with E-state index in [9.17, 15) is 9.18 Å². The highest BCUT2D eigenvalue weighted by molar-refractivity contribution is 5.94. The molecule has 1 amide bonds. The van der Waals surface area contributed by atoms with E-state index in [0.717, 1.165) is 41.9 Å². The van der Waals surface area contributed by atoms with Gasteiger partial charge in [0.15, 0.2) is 5.82 Å². The van der Waals surface area contributed by atoms with Gasteiger partial charge in [0, 0.05) is 17.8 Å². The van der Waals surface area contributed by atoms with E-state index in [0.29, 0.717) is 23.7 Å². The molecule has 29 heavy (non-hydrogen) atoms. The standard InChI is InChI=1S/C22H23FN4O2/c1-13-12-18(20-14(2)26-29-15(20)3)25-21(24-13)19-6-4-5-11-27(19)22(28)16-7-9-17(23)10-8-16/h7-10,12,19H,4-6,11H2,1-3H3. The molecule has 1 saturated heterocycles. The zero-order valence-corrected chi connectivity index (χ0v) is 16.8. The van der Waals surface area contributed by atoms with Crippen molar-refractivity contribution in [1.82, 2.24) is 20.0 Å².